The van der Waals surface area contributed by atoms with Gasteiger partial charge in [0.05, 0.1) is 17.8 Å². The van der Waals surface area contributed by atoms with E-state index in [1.165, 1.54) is 49.1 Å². The monoisotopic (exact) mass is 396 g/mol. The molecule has 150 valence electrons. The summed E-state index contributed by atoms with van der Waals surface area (Å²) < 4.78 is 2.59. The Morgan fingerprint density at radius 1 is 1.21 bits per heavy atom. The summed E-state index contributed by atoms with van der Waals surface area (Å²) in [6.45, 7) is 7.80. The predicted molar refractivity (Wildman–Crippen MR) is 118 cm³/mol. The number of hydrogen-bond donors (Lipinski definition) is 1. The standard InChI is InChI=1S/C23H32N4S/c1-4-5-14-26-22(21(25-23(26)28)20-12-8-9-13-24-20)19-15-16(2)27(17(19)3)18-10-6-7-11-18/h8-9,12-13,15,18,21-22H,4-7,10-11,14H2,1-3H3,(H,25,28)/t21-,22+/m1/s1. The first-order chi connectivity index (χ1) is 13.6. The number of aromatic nitrogens is 2. The van der Waals surface area contributed by atoms with Crippen LogP contribution in [-0.2, 0) is 0 Å². The van der Waals surface area contributed by atoms with E-state index in [1.807, 2.05) is 12.3 Å². The zero-order chi connectivity index (χ0) is 19.7. The lowest BCUT2D eigenvalue weighted by atomic mass is 9.96. The minimum absolute atomic E-state index is 0.100. The summed E-state index contributed by atoms with van der Waals surface area (Å²) in [6.07, 6.45) is 9.51. The second kappa shape index (κ2) is 8.24. The van der Waals surface area contributed by atoms with Crippen molar-refractivity contribution in [2.45, 2.75) is 77.4 Å². The molecular formula is C23H32N4S. The molecule has 4 rings (SSSR count). The highest BCUT2D eigenvalue weighted by Crippen LogP contribution is 2.42. The van der Waals surface area contributed by atoms with Crippen LogP contribution < -0.4 is 5.32 Å². The second-order valence-electron chi connectivity index (χ2n) is 8.31. The maximum atomic E-state index is 5.78. The SMILES string of the molecule is CCCCN1C(=S)N[C@H](c2ccccn2)[C@@H]1c1cc(C)n(C2CCCC2)c1C. The first-order valence-corrected chi connectivity index (χ1v) is 11.2. The van der Waals surface area contributed by atoms with Crippen LogP contribution in [0.2, 0.25) is 0 Å². The summed E-state index contributed by atoms with van der Waals surface area (Å²) in [5, 5.41) is 4.45. The average molecular weight is 397 g/mol. The van der Waals surface area contributed by atoms with E-state index in [-0.39, 0.29) is 12.1 Å². The van der Waals surface area contributed by atoms with Crippen LogP contribution in [0.1, 0.15) is 86.2 Å². The summed E-state index contributed by atoms with van der Waals surface area (Å²) >= 11 is 5.78. The van der Waals surface area contributed by atoms with Gasteiger partial charge in [-0.15, -0.1) is 0 Å². The van der Waals surface area contributed by atoms with E-state index in [4.69, 9.17) is 12.2 Å². The maximum Gasteiger partial charge on any atom is 0.170 e. The van der Waals surface area contributed by atoms with Gasteiger partial charge in [-0.3, -0.25) is 4.98 Å². The third kappa shape index (κ3) is 3.45. The fourth-order valence-electron chi connectivity index (χ4n) is 5.14. The van der Waals surface area contributed by atoms with Crippen molar-refractivity contribution in [2.24, 2.45) is 0 Å². The normalized spacial score (nSPS) is 22.8. The Morgan fingerprint density at radius 3 is 2.68 bits per heavy atom. The molecule has 0 radical (unpaired) electrons. The molecule has 0 unspecified atom stereocenters. The first kappa shape index (κ1) is 19.4. The third-order valence-electron chi connectivity index (χ3n) is 6.48. The van der Waals surface area contributed by atoms with Gasteiger partial charge in [-0.05, 0) is 69.1 Å². The van der Waals surface area contributed by atoms with Crippen LogP contribution in [0.15, 0.2) is 30.5 Å². The van der Waals surface area contributed by atoms with Crippen molar-refractivity contribution in [3.05, 3.63) is 53.1 Å². The smallest absolute Gasteiger partial charge is 0.170 e. The van der Waals surface area contributed by atoms with Crippen LogP contribution in [0.25, 0.3) is 0 Å². The summed E-state index contributed by atoms with van der Waals surface area (Å²) in [5.41, 5.74) is 5.26. The van der Waals surface area contributed by atoms with Crippen molar-refractivity contribution in [2.75, 3.05) is 6.54 Å². The van der Waals surface area contributed by atoms with Crippen molar-refractivity contribution >= 4 is 17.3 Å². The van der Waals surface area contributed by atoms with Crippen LogP contribution in [0, 0.1) is 13.8 Å². The van der Waals surface area contributed by atoms with Gasteiger partial charge in [0.25, 0.3) is 0 Å². The van der Waals surface area contributed by atoms with Crippen LogP contribution in [-0.4, -0.2) is 26.1 Å². The Bertz CT molecular complexity index is 823. The van der Waals surface area contributed by atoms with Gasteiger partial charge in [0, 0.05) is 30.2 Å². The number of thiocarbonyl (C=S) groups is 1. The highest BCUT2D eigenvalue weighted by molar-refractivity contribution is 7.80. The molecule has 1 saturated carbocycles. The molecule has 2 aromatic heterocycles. The van der Waals surface area contributed by atoms with Gasteiger partial charge >= 0.3 is 0 Å². The molecule has 28 heavy (non-hydrogen) atoms. The van der Waals surface area contributed by atoms with E-state index in [0.717, 1.165) is 23.8 Å². The van der Waals surface area contributed by atoms with E-state index >= 15 is 0 Å². The summed E-state index contributed by atoms with van der Waals surface area (Å²) in [5.74, 6) is 0. The Balaban J connectivity index is 1.76. The first-order valence-electron chi connectivity index (χ1n) is 10.8. The number of nitrogens with zero attached hydrogens (tertiary/aromatic N) is 3. The summed E-state index contributed by atoms with van der Waals surface area (Å²) in [7, 11) is 0. The quantitative estimate of drug-likeness (QED) is 0.664. The fraction of sp³-hybridized carbons (Fsp3) is 0.565. The molecule has 0 amide bonds. The number of rotatable bonds is 6. The predicted octanol–water partition coefficient (Wildman–Crippen LogP) is 5.39. The Hall–Kier alpha value is -1.88. The largest absolute Gasteiger partial charge is 0.352 e. The molecule has 3 heterocycles. The number of aryl methyl sites for hydroxylation is 1. The van der Waals surface area contributed by atoms with Crippen molar-refractivity contribution in [3.8, 4) is 0 Å². The molecule has 1 aliphatic carbocycles. The van der Waals surface area contributed by atoms with Gasteiger partial charge in [-0.25, -0.2) is 0 Å². The number of unbranched alkanes of at least 4 members (excludes halogenated alkanes) is 1. The molecule has 0 spiro atoms. The second-order valence-corrected chi connectivity index (χ2v) is 8.70. The number of hydrogen-bond acceptors (Lipinski definition) is 2. The molecule has 5 heteroatoms. The lowest BCUT2D eigenvalue weighted by molar-refractivity contribution is 0.311. The van der Waals surface area contributed by atoms with Crippen LogP contribution >= 0.6 is 12.2 Å². The van der Waals surface area contributed by atoms with Crippen molar-refractivity contribution < 1.29 is 0 Å². The van der Waals surface area contributed by atoms with Crippen LogP contribution in [0.3, 0.4) is 0 Å². The Labute approximate surface area is 174 Å². The molecule has 2 fully saturated rings. The molecular weight excluding hydrogens is 364 g/mol. The average Bonchev–Trinajstić information content (AvgIpc) is 3.39. The molecule has 0 aromatic carbocycles. The van der Waals surface area contributed by atoms with Crippen LogP contribution in [0.4, 0.5) is 0 Å². The minimum atomic E-state index is 0.100. The summed E-state index contributed by atoms with van der Waals surface area (Å²) in [4.78, 5) is 7.07. The molecule has 2 atom stereocenters. The molecule has 2 aliphatic rings. The molecule has 0 bridgehead atoms. The zero-order valence-corrected chi connectivity index (χ0v) is 18.1. The van der Waals surface area contributed by atoms with Gasteiger partial charge in [0.2, 0.25) is 0 Å². The zero-order valence-electron chi connectivity index (χ0n) is 17.3. The van der Waals surface area contributed by atoms with Gasteiger partial charge in [-0.1, -0.05) is 32.3 Å². The van der Waals surface area contributed by atoms with E-state index in [1.54, 1.807) is 0 Å². The lowest BCUT2D eigenvalue weighted by Gasteiger charge is -2.28. The molecule has 1 N–H and O–H groups in total. The van der Waals surface area contributed by atoms with Crippen LogP contribution in [0.5, 0.6) is 0 Å². The Kier molecular flexibility index (Phi) is 5.72. The summed E-state index contributed by atoms with van der Waals surface area (Å²) in [6, 6.07) is 9.54. The number of pyridine rings is 1. The lowest BCUT2D eigenvalue weighted by Crippen LogP contribution is -2.30. The molecule has 4 nitrogen and oxygen atoms in total. The minimum Gasteiger partial charge on any atom is -0.352 e. The van der Waals surface area contributed by atoms with E-state index in [0.29, 0.717) is 6.04 Å². The number of nitrogens with one attached hydrogen (secondary N) is 1. The maximum absolute atomic E-state index is 5.78. The van der Waals surface area contributed by atoms with Gasteiger partial charge in [0.15, 0.2) is 5.11 Å². The third-order valence-corrected chi connectivity index (χ3v) is 6.83. The van der Waals surface area contributed by atoms with E-state index in [2.05, 4.69) is 58.7 Å². The highest BCUT2D eigenvalue weighted by Gasteiger charge is 2.41. The Morgan fingerprint density at radius 2 is 2.00 bits per heavy atom. The van der Waals surface area contributed by atoms with Gasteiger partial charge in [0.1, 0.15) is 0 Å². The molecule has 2 aromatic rings. The topological polar surface area (TPSA) is 33.1 Å². The van der Waals surface area contributed by atoms with E-state index in [9.17, 15) is 0 Å². The van der Waals surface area contributed by atoms with E-state index < -0.39 is 0 Å². The fourth-order valence-corrected chi connectivity index (χ4v) is 5.47. The molecule has 1 aliphatic heterocycles. The highest BCUT2D eigenvalue weighted by atomic mass is 32.1. The van der Waals surface area contributed by atoms with Gasteiger partial charge in [-0.2, -0.15) is 0 Å². The van der Waals surface area contributed by atoms with Gasteiger partial charge < -0.3 is 14.8 Å². The van der Waals surface area contributed by atoms with Crippen molar-refractivity contribution in [1.82, 2.24) is 19.8 Å². The molecule has 1 saturated heterocycles. The van der Waals surface area contributed by atoms with Crippen molar-refractivity contribution in [3.63, 3.8) is 0 Å². The van der Waals surface area contributed by atoms with Crippen molar-refractivity contribution in [1.29, 1.82) is 0 Å².